The zero-order valence-electron chi connectivity index (χ0n) is 11.5. The van der Waals surface area contributed by atoms with Gasteiger partial charge in [-0.3, -0.25) is 0 Å². The van der Waals surface area contributed by atoms with Crippen molar-refractivity contribution in [2.75, 3.05) is 11.4 Å². The maximum Gasteiger partial charge on any atom is 0.101 e. The highest BCUT2D eigenvalue weighted by Crippen LogP contribution is 2.24. The van der Waals surface area contributed by atoms with Crippen molar-refractivity contribution < 1.29 is 0 Å². The summed E-state index contributed by atoms with van der Waals surface area (Å²) in [5, 5.41) is 9.20. The fraction of sp³-hybridized carbons (Fsp3) is 0.533. The second-order valence-corrected chi connectivity index (χ2v) is 5.27. The molecule has 0 saturated heterocycles. The quantitative estimate of drug-likeness (QED) is 0.788. The minimum atomic E-state index is 0.409. The van der Waals surface area contributed by atoms with Crippen molar-refractivity contribution in [1.29, 1.82) is 5.26 Å². The highest BCUT2D eigenvalue weighted by Gasteiger charge is 2.15. The third kappa shape index (κ3) is 3.49. The van der Waals surface area contributed by atoms with Crippen LogP contribution in [-0.4, -0.2) is 12.6 Å². The Morgan fingerprint density at radius 1 is 1.24 bits per heavy atom. The van der Waals surface area contributed by atoms with Crippen LogP contribution in [-0.2, 0) is 0 Å². The summed E-state index contributed by atoms with van der Waals surface area (Å²) in [6.07, 6.45) is 0. The lowest BCUT2D eigenvalue weighted by molar-refractivity contribution is 0.570. The molecule has 0 heterocycles. The molecule has 0 atom stereocenters. The topological polar surface area (TPSA) is 27.0 Å². The van der Waals surface area contributed by atoms with Crippen molar-refractivity contribution in [2.45, 2.75) is 40.7 Å². The van der Waals surface area contributed by atoms with Crippen molar-refractivity contribution in [3.8, 4) is 6.07 Å². The van der Waals surface area contributed by atoms with Crippen LogP contribution >= 0.6 is 0 Å². The fourth-order valence-corrected chi connectivity index (χ4v) is 1.95. The first-order valence-electron chi connectivity index (χ1n) is 6.23. The molecule has 0 bridgehead atoms. The lowest BCUT2D eigenvalue weighted by Crippen LogP contribution is -2.34. The van der Waals surface area contributed by atoms with Gasteiger partial charge in [0, 0.05) is 12.6 Å². The molecule has 0 radical (unpaired) electrons. The molecule has 2 heteroatoms. The summed E-state index contributed by atoms with van der Waals surface area (Å²) >= 11 is 0. The number of nitrogens with zero attached hydrogens (tertiary/aromatic N) is 2. The van der Waals surface area contributed by atoms with E-state index in [1.807, 2.05) is 12.1 Å². The molecule has 17 heavy (non-hydrogen) atoms. The second-order valence-electron chi connectivity index (χ2n) is 5.27. The van der Waals surface area contributed by atoms with Crippen molar-refractivity contribution in [3.63, 3.8) is 0 Å². The molecule has 1 aromatic carbocycles. The lowest BCUT2D eigenvalue weighted by atomic mass is 10.1. The Bertz CT molecular complexity index is 413. The van der Waals surface area contributed by atoms with Gasteiger partial charge >= 0.3 is 0 Å². The van der Waals surface area contributed by atoms with Crippen LogP contribution in [0.15, 0.2) is 18.2 Å². The number of anilines is 1. The Balaban J connectivity index is 3.17. The van der Waals surface area contributed by atoms with Crippen LogP contribution < -0.4 is 4.90 Å². The number of aryl methyl sites for hydroxylation is 1. The number of benzene rings is 1. The van der Waals surface area contributed by atoms with E-state index in [0.29, 0.717) is 12.0 Å². The van der Waals surface area contributed by atoms with Crippen LogP contribution in [0.3, 0.4) is 0 Å². The number of hydrogen-bond donors (Lipinski definition) is 0. The summed E-state index contributed by atoms with van der Waals surface area (Å²) < 4.78 is 0. The van der Waals surface area contributed by atoms with Crippen LogP contribution in [0.5, 0.6) is 0 Å². The van der Waals surface area contributed by atoms with E-state index in [2.05, 4.69) is 51.7 Å². The lowest BCUT2D eigenvalue weighted by Gasteiger charge is -2.31. The molecule has 1 aromatic rings. The minimum absolute atomic E-state index is 0.409. The zero-order chi connectivity index (χ0) is 13.0. The van der Waals surface area contributed by atoms with Gasteiger partial charge in [-0.25, -0.2) is 0 Å². The van der Waals surface area contributed by atoms with E-state index in [1.165, 1.54) is 5.56 Å². The molecule has 92 valence electrons. The largest absolute Gasteiger partial charge is 0.368 e. The third-order valence-electron chi connectivity index (χ3n) is 2.77. The van der Waals surface area contributed by atoms with E-state index < -0.39 is 0 Å². The van der Waals surface area contributed by atoms with E-state index >= 15 is 0 Å². The first kappa shape index (κ1) is 13.6. The molecule has 0 aromatic heterocycles. The molecule has 0 saturated carbocycles. The average Bonchev–Trinajstić information content (AvgIpc) is 2.25. The number of rotatable bonds is 4. The summed E-state index contributed by atoms with van der Waals surface area (Å²) in [6, 6.07) is 8.72. The van der Waals surface area contributed by atoms with E-state index in [-0.39, 0.29) is 0 Å². The predicted octanol–water partition coefficient (Wildman–Crippen LogP) is 3.74. The standard InChI is InChI=1S/C15H22N2/c1-11(2)10-17(12(3)4)15-8-13(5)6-7-14(15)9-16/h6-8,11-12H,10H2,1-5H3. The first-order valence-corrected chi connectivity index (χ1v) is 6.23. The molecule has 2 nitrogen and oxygen atoms in total. The fourth-order valence-electron chi connectivity index (χ4n) is 1.95. The van der Waals surface area contributed by atoms with Crippen LogP contribution in [0.2, 0.25) is 0 Å². The van der Waals surface area contributed by atoms with Gasteiger partial charge in [-0.05, 0) is 44.4 Å². The van der Waals surface area contributed by atoms with Gasteiger partial charge in [0.15, 0.2) is 0 Å². The Morgan fingerprint density at radius 2 is 1.88 bits per heavy atom. The third-order valence-corrected chi connectivity index (χ3v) is 2.77. The van der Waals surface area contributed by atoms with Crippen LogP contribution in [0, 0.1) is 24.2 Å². The number of hydrogen-bond acceptors (Lipinski definition) is 2. The molecular weight excluding hydrogens is 208 g/mol. The van der Waals surface area contributed by atoms with Gasteiger partial charge in [0.05, 0.1) is 11.3 Å². The molecule has 0 N–H and O–H groups in total. The van der Waals surface area contributed by atoms with Gasteiger partial charge in [-0.1, -0.05) is 19.9 Å². The Hall–Kier alpha value is -1.49. The summed E-state index contributed by atoms with van der Waals surface area (Å²) in [6.45, 7) is 11.8. The van der Waals surface area contributed by atoms with Crippen LogP contribution in [0.4, 0.5) is 5.69 Å². The van der Waals surface area contributed by atoms with Gasteiger partial charge in [-0.2, -0.15) is 5.26 Å². The number of nitriles is 1. The van der Waals surface area contributed by atoms with Crippen molar-refractivity contribution in [3.05, 3.63) is 29.3 Å². The Labute approximate surface area is 105 Å². The van der Waals surface area contributed by atoms with Gasteiger partial charge < -0.3 is 4.90 Å². The maximum atomic E-state index is 9.20. The van der Waals surface area contributed by atoms with E-state index in [4.69, 9.17) is 0 Å². The molecule has 0 spiro atoms. The normalized spacial score (nSPS) is 10.7. The van der Waals surface area contributed by atoms with Crippen molar-refractivity contribution >= 4 is 5.69 Å². The minimum Gasteiger partial charge on any atom is -0.368 e. The van der Waals surface area contributed by atoms with Gasteiger partial charge in [0.2, 0.25) is 0 Å². The SMILES string of the molecule is Cc1ccc(C#N)c(N(CC(C)C)C(C)C)c1. The molecule has 0 fully saturated rings. The molecule has 0 aliphatic heterocycles. The summed E-state index contributed by atoms with van der Waals surface area (Å²) in [5.41, 5.74) is 3.04. The second kappa shape index (κ2) is 5.72. The first-order chi connectivity index (χ1) is 7.95. The zero-order valence-corrected chi connectivity index (χ0v) is 11.5. The smallest absolute Gasteiger partial charge is 0.101 e. The molecule has 0 unspecified atom stereocenters. The molecule has 0 amide bonds. The van der Waals surface area contributed by atoms with Crippen molar-refractivity contribution in [1.82, 2.24) is 0 Å². The van der Waals surface area contributed by atoms with Crippen LogP contribution in [0.1, 0.15) is 38.8 Å². The van der Waals surface area contributed by atoms with E-state index in [1.54, 1.807) is 0 Å². The van der Waals surface area contributed by atoms with E-state index in [9.17, 15) is 5.26 Å². The maximum absolute atomic E-state index is 9.20. The summed E-state index contributed by atoms with van der Waals surface area (Å²) in [7, 11) is 0. The van der Waals surface area contributed by atoms with Crippen molar-refractivity contribution in [2.24, 2.45) is 5.92 Å². The Kier molecular flexibility index (Phi) is 4.57. The van der Waals surface area contributed by atoms with Gasteiger partial charge in [0.1, 0.15) is 6.07 Å². The Morgan fingerprint density at radius 3 is 2.35 bits per heavy atom. The van der Waals surface area contributed by atoms with Gasteiger partial charge in [-0.15, -0.1) is 0 Å². The summed E-state index contributed by atoms with van der Waals surface area (Å²) in [4.78, 5) is 2.32. The summed E-state index contributed by atoms with van der Waals surface area (Å²) in [5.74, 6) is 0.587. The van der Waals surface area contributed by atoms with E-state index in [0.717, 1.165) is 17.8 Å². The molecular formula is C15H22N2. The highest BCUT2D eigenvalue weighted by atomic mass is 15.2. The average molecular weight is 230 g/mol. The molecule has 1 rings (SSSR count). The molecule has 0 aliphatic rings. The van der Waals surface area contributed by atoms with Gasteiger partial charge in [0.25, 0.3) is 0 Å². The molecule has 0 aliphatic carbocycles. The van der Waals surface area contributed by atoms with Crippen LogP contribution in [0.25, 0.3) is 0 Å². The predicted molar refractivity (Wildman–Crippen MR) is 73.2 cm³/mol. The highest BCUT2D eigenvalue weighted by molar-refractivity contribution is 5.61. The monoisotopic (exact) mass is 230 g/mol.